The summed E-state index contributed by atoms with van der Waals surface area (Å²) in [6.45, 7) is 2.25. The number of carbonyl (C=O) groups excluding carboxylic acids is 1. The van der Waals surface area contributed by atoms with E-state index >= 15 is 0 Å². The molecule has 0 aromatic heterocycles. The molecule has 2 N–H and O–H groups in total. The molecule has 0 bridgehead atoms. The van der Waals surface area contributed by atoms with Crippen LogP contribution in [0.4, 0.5) is 5.69 Å². The molecule has 1 fully saturated rings. The van der Waals surface area contributed by atoms with Gasteiger partial charge in [-0.15, -0.1) is 0 Å². The zero-order valence-electron chi connectivity index (χ0n) is 16.2. The maximum Gasteiger partial charge on any atom is 0.261 e. The molecule has 2 aliphatic rings. The largest absolute Gasteiger partial charge is 0.454 e. The highest BCUT2D eigenvalue weighted by Crippen LogP contribution is 2.34. The van der Waals surface area contributed by atoms with Gasteiger partial charge in [-0.2, -0.15) is 0 Å². The van der Waals surface area contributed by atoms with Crippen molar-refractivity contribution in [2.75, 3.05) is 11.5 Å². The minimum absolute atomic E-state index is 0.0273. The average molecular weight is 416 g/mol. The third kappa shape index (κ3) is 4.32. The Bertz CT molecular complexity index is 1020. The number of fused-ring (bicyclic) bond motifs is 1. The average Bonchev–Trinajstić information content (AvgIpc) is 3.17. The van der Waals surface area contributed by atoms with E-state index in [1.54, 1.807) is 30.3 Å². The van der Waals surface area contributed by atoms with Crippen molar-refractivity contribution >= 4 is 21.6 Å². The summed E-state index contributed by atoms with van der Waals surface area (Å²) in [5.41, 5.74) is 0.691. The van der Waals surface area contributed by atoms with E-state index in [1.807, 2.05) is 0 Å². The molecule has 0 saturated heterocycles. The molecule has 29 heavy (non-hydrogen) atoms. The van der Waals surface area contributed by atoms with E-state index in [-0.39, 0.29) is 23.6 Å². The summed E-state index contributed by atoms with van der Waals surface area (Å²) in [6.07, 6.45) is 4.34. The molecule has 7 nitrogen and oxygen atoms in total. The Balaban J connectivity index is 1.50. The molecular formula is C21H24N2O5S. The Morgan fingerprint density at radius 2 is 1.83 bits per heavy atom. The standard InChI is InChI=1S/C21H24N2O5S/c1-14-5-2-3-8-18(14)22-21(24)15-6-4-7-17(11-15)29(25,26)23-16-9-10-19-20(12-16)28-13-27-19/h4,6-7,9-12,14,18,23H,2-3,5,8,13H2,1H3,(H,22,24)/t14-,18-/m1/s1. The molecule has 1 saturated carbocycles. The van der Waals surface area contributed by atoms with Crippen LogP contribution in [0.5, 0.6) is 11.5 Å². The van der Waals surface area contributed by atoms with E-state index in [9.17, 15) is 13.2 Å². The normalized spacial score (nSPS) is 20.9. The van der Waals surface area contributed by atoms with Crippen LogP contribution in [0.1, 0.15) is 43.0 Å². The fourth-order valence-corrected chi connectivity index (χ4v) is 4.86. The van der Waals surface area contributed by atoms with Gasteiger partial charge in [0.2, 0.25) is 6.79 Å². The van der Waals surface area contributed by atoms with Crippen molar-refractivity contribution in [2.45, 2.75) is 43.5 Å². The first kappa shape index (κ1) is 19.6. The lowest BCUT2D eigenvalue weighted by atomic mass is 9.86. The molecule has 2 atom stereocenters. The molecule has 4 rings (SSSR count). The zero-order valence-corrected chi connectivity index (χ0v) is 17.0. The van der Waals surface area contributed by atoms with Crippen molar-refractivity contribution in [2.24, 2.45) is 5.92 Å². The number of benzene rings is 2. The summed E-state index contributed by atoms with van der Waals surface area (Å²) < 4.78 is 38.6. The summed E-state index contributed by atoms with van der Waals surface area (Å²) in [5, 5.41) is 3.06. The molecule has 154 valence electrons. The first-order valence-corrected chi connectivity index (χ1v) is 11.2. The number of nitrogens with one attached hydrogen (secondary N) is 2. The van der Waals surface area contributed by atoms with Crippen LogP contribution in [0.2, 0.25) is 0 Å². The van der Waals surface area contributed by atoms with E-state index in [0.29, 0.717) is 28.7 Å². The third-order valence-corrected chi connectivity index (χ3v) is 6.84. The highest BCUT2D eigenvalue weighted by molar-refractivity contribution is 7.92. The Kier molecular flexibility index (Phi) is 5.36. The maximum atomic E-state index is 12.8. The van der Waals surface area contributed by atoms with Gasteiger partial charge in [-0.1, -0.05) is 25.8 Å². The van der Waals surface area contributed by atoms with Crippen LogP contribution in [0.25, 0.3) is 0 Å². The predicted octanol–water partition coefficient (Wildman–Crippen LogP) is 3.52. The SMILES string of the molecule is C[C@@H]1CCCC[C@H]1NC(=O)c1cccc(S(=O)(=O)Nc2ccc3c(c2)OCO3)c1. The molecule has 1 aliphatic carbocycles. The minimum Gasteiger partial charge on any atom is -0.454 e. The lowest BCUT2D eigenvalue weighted by Gasteiger charge is -2.29. The smallest absolute Gasteiger partial charge is 0.261 e. The second kappa shape index (κ2) is 7.94. The first-order valence-electron chi connectivity index (χ1n) is 9.76. The van der Waals surface area contributed by atoms with Crippen LogP contribution >= 0.6 is 0 Å². The zero-order chi connectivity index (χ0) is 20.4. The molecule has 1 amide bonds. The van der Waals surface area contributed by atoms with E-state index in [1.165, 1.54) is 18.6 Å². The van der Waals surface area contributed by atoms with E-state index in [4.69, 9.17) is 9.47 Å². The second-order valence-electron chi connectivity index (χ2n) is 7.54. The number of hydrogen-bond acceptors (Lipinski definition) is 5. The molecule has 2 aromatic carbocycles. The molecule has 0 spiro atoms. The number of amides is 1. The van der Waals surface area contributed by atoms with E-state index in [0.717, 1.165) is 19.3 Å². The van der Waals surface area contributed by atoms with Crippen LogP contribution in [0.15, 0.2) is 47.4 Å². The topological polar surface area (TPSA) is 93.7 Å². The van der Waals surface area contributed by atoms with Crippen LogP contribution in [0.3, 0.4) is 0 Å². The Morgan fingerprint density at radius 1 is 1.03 bits per heavy atom. The van der Waals surface area contributed by atoms with Gasteiger partial charge in [0.15, 0.2) is 11.5 Å². The minimum atomic E-state index is -3.86. The second-order valence-corrected chi connectivity index (χ2v) is 9.23. The van der Waals surface area contributed by atoms with Gasteiger partial charge in [-0.3, -0.25) is 9.52 Å². The molecule has 0 unspecified atom stereocenters. The van der Waals surface area contributed by atoms with Crippen LogP contribution in [0, 0.1) is 5.92 Å². The lowest BCUT2D eigenvalue weighted by molar-refractivity contribution is 0.0910. The van der Waals surface area contributed by atoms with E-state index in [2.05, 4.69) is 17.0 Å². The number of hydrogen-bond donors (Lipinski definition) is 2. The number of sulfonamides is 1. The van der Waals surface area contributed by atoms with Crippen molar-refractivity contribution in [1.82, 2.24) is 5.32 Å². The van der Waals surface area contributed by atoms with Gasteiger partial charge >= 0.3 is 0 Å². The first-order chi connectivity index (χ1) is 13.9. The summed E-state index contributed by atoms with van der Waals surface area (Å²) in [4.78, 5) is 12.7. The van der Waals surface area contributed by atoms with Gasteiger partial charge in [0.05, 0.1) is 10.6 Å². The summed E-state index contributed by atoms with van der Waals surface area (Å²) in [6, 6.07) is 11.0. The quantitative estimate of drug-likeness (QED) is 0.778. The third-order valence-electron chi connectivity index (χ3n) is 5.46. The summed E-state index contributed by atoms with van der Waals surface area (Å²) in [7, 11) is -3.86. The Morgan fingerprint density at radius 3 is 2.66 bits per heavy atom. The highest BCUT2D eigenvalue weighted by Gasteiger charge is 2.24. The van der Waals surface area contributed by atoms with Gasteiger partial charge in [0, 0.05) is 17.7 Å². The predicted molar refractivity (Wildman–Crippen MR) is 109 cm³/mol. The van der Waals surface area contributed by atoms with Crippen molar-refractivity contribution < 1.29 is 22.7 Å². The number of rotatable bonds is 5. The van der Waals surface area contributed by atoms with Gasteiger partial charge < -0.3 is 14.8 Å². The van der Waals surface area contributed by atoms with Crippen LogP contribution in [-0.2, 0) is 10.0 Å². The fraction of sp³-hybridized carbons (Fsp3) is 0.381. The van der Waals surface area contributed by atoms with Crippen LogP contribution in [-0.4, -0.2) is 27.2 Å². The van der Waals surface area contributed by atoms with E-state index < -0.39 is 10.0 Å². The van der Waals surface area contributed by atoms with Crippen molar-refractivity contribution in [3.05, 3.63) is 48.0 Å². The van der Waals surface area contributed by atoms with Gasteiger partial charge in [-0.05, 0) is 49.1 Å². The number of carbonyl (C=O) groups is 1. The lowest BCUT2D eigenvalue weighted by Crippen LogP contribution is -2.41. The van der Waals surface area contributed by atoms with Gasteiger partial charge in [0.25, 0.3) is 15.9 Å². The Hall–Kier alpha value is -2.74. The molecule has 0 radical (unpaired) electrons. The highest BCUT2D eigenvalue weighted by atomic mass is 32.2. The molecule has 8 heteroatoms. The molecular weight excluding hydrogens is 392 g/mol. The monoisotopic (exact) mass is 416 g/mol. The number of anilines is 1. The maximum absolute atomic E-state index is 12.8. The molecule has 1 heterocycles. The van der Waals surface area contributed by atoms with Gasteiger partial charge in [-0.25, -0.2) is 8.42 Å². The van der Waals surface area contributed by atoms with Crippen LogP contribution < -0.4 is 19.5 Å². The summed E-state index contributed by atoms with van der Waals surface area (Å²) in [5.74, 6) is 1.24. The van der Waals surface area contributed by atoms with Gasteiger partial charge in [0.1, 0.15) is 0 Å². The summed E-state index contributed by atoms with van der Waals surface area (Å²) >= 11 is 0. The van der Waals surface area contributed by atoms with Crippen molar-refractivity contribution in [1.29, 1.82) is 0 Å². The fourth-order valence-electron chi connectivity index (χ4n) is 3.76. The van der Waals surface area contributed by atoms with Crippen molar-refractivity contribution in [3.8, 4) is 11.5 Å². The number of ether oxygens (including phenoxy) is 2. The Labute approximate surface area is 170 Å². The molecule has 2 aromatic rings. The van der Waals surface area contributed by atoms with Crippen molar-refractivity contribution in [3.63, 3.8) is 0 Å². The molecule has 1 aliphatic heterocycles.